The summed E-state index contributed by atoms with van der Waals surface area (Å²) in [7, 11) is 0. The monoisotopic (exact) mass is 275 g/mol. The first-order valence-electron chi connectivity index (χ1n) is 7.76. The summed E-state index contributed by atoms with van der Waals surface area (Å²) >= 11 is 0. The molecular weight excluding hydrogens is 246 g/mol. The lowest BCUT2D eigenvalue weighted by atomic mass is 10.0. The summed E-state index contributed by atoms with van der Waals surface area (Å²) < 4.78 is 0. The minimum atomic E-state index is 0.345. The van der Waals surface area contributed by atoms with Crippen LogP contribution >= 0.6 is 0 Å². The van der Waals surface area contributed by atoms with E-state index in [1.807, 2.05) is 12.1 Å². The number of phenols is 1. The van der Waals surface area contributed by atoms with Crippen LogP contribution in [0.15, 0.2) is 24.3 Å². The highest BCUT2D eigenvalue weighted by atomic mass is 16.3. The highest BCUT2D eigenvalue weighted by Crippen LogP contribution is 2.67. The van der Waals surface area contributed by atoms with E-state index in [0.29, 0.717) is 22.6 Å². The third kappa shape index (κ3) is 3.01. The highest BCUT2D eigenvalue weighted by molar-refractivity contribution is 5.25. The Kier molecular flexibility index (Phi) is 4.15. The molecule has 1 unspecified atom stereocenters. The van der Waals surface area contributed by atoms with Gasteiger partial charge in [-0.25, -0.2) is 0 Å². The normalized spacial score (nSPS) is 21.6. The summed E-state index contributed by atoms with van der Waals surface area (Å²) in [5.74, 6) is 1.13. The second-order valence-electron chi connectivity index (χ2n) is 7.51. The Labute approximate surface area is 123 Å². The third-order valence-corrected chi connectivity index (χ3v) is 5.79. The van der Waals surface area contributed by atoms with E-state index >= 15 is 0 Å². The molecule has 2 heteroatoms. The molecule has 0 aliphatic heterocycles. The van der Waals surface area contributed by atoms with Gasteiger partial charge in [-0.3, -0.25) is 0 Å². The maximum Gasteiger partial charge on any atom is 0.115 e. The lowest BCUT2D eigenvalue weighted by Gasteiger charge is -2.14. The van der Waals surface area contributed by atoms with Crippen LogP contribution in [0.5, 0.6) is 5.75 Å². The van der Waals surface area contributed by atoms with Gasteiger partial charge in [-0.05, 0) is 60.8 Å². The van der Waals surface area contributed by atoms with Gasteiger partial charge in [0.1, 0.15) is 5.75 Å². The zero-order chi connectivity index (χ0) is 15.0. The van der Waals surface area contributed by atoms with Gasteiger partial charge in [-0.2, -0.15) is 0 Å². The lowest BCUT2D eigenvalue weighted by molar-refractivity contribution is 0.457. The molecule has 1 saturated carbocycles. The van der Waals surface area contributed by atoms with Gasteiger partial charge in [0.25, 0.3) is 0 Å². The Morgan fingerprint density at radius 1 is 1.10 bits per heavy atom. The van der Waals surface area contributed by atoms with Crippen LogP contribution in [0, 0.1) is 16.7 Å². The molecule has 2 N–H and O–H groups in total. The van der Waals surface area contributed by atoms with Crippen LogP contribution in [0.1, 0.15) is 46.6 Å². The van der Waals surface area contributed by atoms with Gasteiger partial charge < -0.3 is 10.4 Å². The zero-order valence-corrected chi connectivity index (χ0v) is 13.5. The molecule has 0 heterocycles. The van der Waals surface area contributed by atoms with Crippen molar-refractivity contribution in [2.75, 3.05) is 6.54 Å². The highest BCUT2D eigenvalue weighted by Gasteiger charge is 2.63. The number of hydrogen-bond donors (Lipinski definition) is 2. The minimum absolute atomic E-state index is 0.345. The van der Waals surface area contributed by atoms with Gasteiger partial charge in [0.2, 0.25) is 0 Å². The van der Waals surface area contributed by atoms with Crippen molar-refractivity contribution in [2.24, 2.45) is 16.7 Å². The van der Waals surface area contributed by atoms with E-state index in [1.54, 1.807) is 12.1 Å². The summed E-state index contributed by atoms with van der Waals surface area (Å²) in [4.78, 5) is 0. The molecule has 0 bridgehead atoms. The first-order valence-corrected chi connectivity index (χ1v) is 7.76. The van der Waals surface area contributed by atoms with E-state index in [2.05, 4.69) is 39.9 Å². The summed E-state index contributed by atoms with van der Waals surface area (Å²) in [6.45, 7) is 12.9. The molecule has 20 heavy (non-hydrogen) atoms. The molecule has 1 aromatic rings. The summed E-state index contributed by atoms with van der Waals surface area (Å²) in [6, 6.07) is 8.09. The minimum Gasteiger partial charge on any atom is -0.508 e. The van der Waals surface area contributed by atoms with Crippen molar-refractivity contribution >= 4 is 0 Å². The quantitative estimate of drug-likeness (QED) is 0.823. The van der Waals surface area contributed by atoms with E-state index in [9.17, 15) is 5.11 Å². The second kappa shape index (κ2) is 5.40. The smallest absolute Gasteiger partial charge is 0.115 e. The molecule has 1 aromatic carbocycles. The van der Waals surface area contributed by atoms with Crippen LogP contribution in [-0.2, 0) is 6.42 Å². The average molecular weight is 275 g/mol. The molecule has 2 nitrogen and oxygen atoms in total. The molecule has 0 spiro atoms. The van der Waals surface area contributed by atoms with Crippen molar-refractivity contribution in [3.05, 3.63) is 29.8 Å². The number of phenolic OH excluding ortho intramolecular Hbond substituents is 1. The van der Waals surface area contributed by atoms with E-state index < -0.39 is 0 Å². The standard InChI is InChI=1S/C18H29NO/c1-13(6-7-14-8-10-15(20)11-9-14)19-12-16-17(2,3)18(16,4)5/h8-11,13,16,19-20H,6-7,12H2,1-5H3. The second-order valence-corrected chi connectivity index (χ2v) is 7.51. The maximum absolute atomic E-state index is 9.27. The largest absolute Gasteiger partial charge is 0.508 e. The van der Waals surface area contributed by atoms with Gasteiger partial charge in [0.05, 0.1) is 0 Å². The predicted molar refractivity (Wildman–Crippen MR) is 84.9 cm³/mol. The Bertz CT molecular complexity index is 433. The Hall–Kier alpha value is -1.02. The van der Waals surface area contributed by atoms with Crippen molar-refractivity contribution in [3.8, 4) is 5.75 Å². The molecule has 2 rings (SSSR count). The van der Waals surface area contributed by atoms with Crippen LogP contribution in [0.25, 0.3) is 0 Å². The van der Waals surface area contributed by atoms with Gasteiger partial charge in [-0.15, -0.1) is 0 Å². The summed E-state index contributed by atoms with van der Waals surface area (Å²) in [6.07, 6.45) is 2.20. The topological polar surface area (TPSA) is 32.3 Å². The number of aryl methyl sites for hydroxylation is 1. The SMILES string of the molecule is CC(CCc1ccc(O)cc1)NCC1C(C)(C)C1(C)C. The Balaban J connectivity index is 1.71. The molecule has 1 atom stereocenters. The van der Waals surface area contributed by atoms with Crippen molar-refractivity contribution < 1.29 is 5.11 Å². The molecule has 0 radical (unpaired) electrons. The van der Waals surface area contributed by atoms with Crippen molar-refractivity contribution in [2.45, 2.75) is 53.5 Å². The predicted octanol–water partition coefficient (Wildman–Crippen LogP) is 3.99. The van der Waals surface area contributed by atoms with Crippen molar-refractivity contribution in [1.29, 1.82) is 0 Å². The zero-order valence-electron chi connectivity index (χ0n) is 13.5. The van der Waals surface area contributed by atoms with Crippen LogP contribution < -0.4 is 5.32 Å². The molecular formula is C18H29NO. The average Bonchev–Trinajstić information content (AvgIpc) is 2.76. The lowest BCUT2D eigenvalue weighted by Crippen LogP contribution is -2.29. The fourth-order valence-corrected chi connectivity index (χ4v) is 3.31. The van der Waals surface area contributed by atoms with Crippen molar-refractivity contribution in [1.82, 2.24) is 5.32 Å². The fraction of sp³-hybridized carbons (Fsp3) is 0.667. The van der Waals surface area contributed by atoms with Gasteiger partial charge in [0, 0.05) is 6.04 Å². The summed E-state index contributed by atoms with van der Waals surface area (Å²) in [5.41, 5.74) is 2.23. The van der Waals surface area contributed by atoms with Crippen LogP contribution in [0.4, 0.5) is 0 Å². The van der Waals surface area contributed by atoms with E-state index in [4.69, 9.17) is 0 Å². The van der Waals surface area contributed by atoms with Crippen molar-refractivity contribution in [3.63, 3.8) is 0 Å². The van der Waals surface area contributed by atoms with Crippen LogP contribution in [0.3, 0.4) is 0 Å². The summed E-state index contributed by atoms with van der Waals surface area (Å²) in [5, 5.41) is 13.0. The Morgan fingerprint density at radius 3 is 2.15 bits per heavy atom. The van der Waals surface area contributed by atoms with Gasteiger partial charge >= 0.3 is 0 Å². The van der Waals surface area contributed by atoms with Gasteiger partial charge in [-0.1, -0.05) is 39.8 Å². The molecule has 1 fully saturated rings. The maximum atomic E-state index is 9.27. The first-order chi connectivity index (χ1) is 9.25. The number of rotatable bonds is 6. The van der Waals surface area contributed by atoms with E-state index in [1.165, 1.54) is 5.56 Å². The number of benzene rings is 1. The molecule has 1 aliphatic carbocycles. The number of hydrogen-bond acceptors (Lipinski definition) is 2. The van der Waals surface area contributed by atoms with Crippen LogP contribution in [-0.4, -0.2) is 17.7 Å². The first kappa shape index (κ1) is 15.4. The fourth-order valence-electron chi connectivity index (χ4n) is 3.31. The Morgan fingerprint density at radius 2 is 1.65 bits per heavy atom. The third-order valence-electron chi connectivity index (χ3n) is 5.79. The number of nitrogens with one attached hydrogen (secondary N) is 1. The molecule has 0 saturated heterocycles. The molecule has 1 aliphatic rings. The molecule has 112 valence electrons. The van der Waals surface area contributed by atoms with Gasteiger partial charge in [0.15, 0.2) is 0 Å². The molecule has 0 amide bonds. The van der Waals surface area contributed by atoms with E-state index in [-0.39, 0.29) is 0 Å². The number of aromatic hydroxyl groups is 1. The van der Waals surface area contributed by atoms with Crippen LogP contribution in [0.2, 0.25) is 0 Å². The van der Waals surface area contributed by atoms with E-state index in [0.717, 1.165) is 25.3 Å². The molecule has 0 aromatic heterocycles.